The third kappa shape index (κ3) is 4.73. The summed E-state index contributed by atoms with van der Waals surface area (Å²) in [6.07, 6.45) is 0.384. The molecular formula is C12H15N5O6S2. The van der Waals surface area contributed by atoms with Gasteiger partial charge in [0.1, 0.15) is 5.69 Å². The van der Waals surface area contributed by atoms with E-state index in [0.717, 1.165) is 12.1 Å². The highest BCUT2D eigenvalue weighted by molar-refractivity contribution is 7.91. The zero-order chi connectivity index (χ0) is 18.8. The number of hydrogen-bond donors (Lipinski definition) is 3. The van der Waals surface area contributed by atoms with Crippen LogP contribution in [0.4, 0.5) is 17.1 Å². The molecule has 1 heterocycles. The minimum atomic E-state index is -3.12. The van der Waals surface area contributed by atoms with Gasteiger partial charge in [-0.1, -0.05) is 0 Å². The van der Waals surface area contributed by atoms with Crippen LogP contribution >= 0.6 is 12.2 Å². The van der Waals surface area contributed by atoms with Crippen molar-refractivity contribution in [1.82, 2.24) is 10.7 Å². The number of benzene rings is 1. The molecular weight excluding hydrogens is 374 g/mol. The molecule has 0 aromatic heterocycles. The largest absolute Gasteiger partial charge is 0.355 e. The second-order valence-electron chi connectivity index (χ2n) is 5.82. The Balaban J connectivity index is 2.05. The predicted octanol–water partition coefficient (Wildman–Crippen LogP) is 0.871. The highest BCUT2D eigenvalue weighted by Gasteiger charge is 2.38. The first-order valence-corrected chi connectivity index (χ1v) is 9.22. The van der Waals surface area contributed by atoms with Crippen LogP contribution in [0.2, 0.25) is 0 Å². The number of hydrogen-bond acceptors (Lipinski definition) is 8. The normalized spacial score (nSPS) is 21.3. The maximum Gasteiger partial charge on any atom is 0.300 e. The highest BCUT2D eigenvalue weighted by Crippen LogP contribution is 2.28. The minimum absolute atomic E-state index is 0.0241. The number of nitrogens with one attached hydrogen (secondary N) is 3. The quantitative estimate of drug-likeness (QED) is 0.375. The summed E-state index contributed by atoms with van der Waals surface area (Å²) in [6, 6.07) is 3.11. The van der Waals surface area contributed by atoms with Crippen molar-refractivity contribution in [1.29, 1.82) is 0 Å². The molecule has 0 aliphatic carbocycles. The fourth-order valence-corrected chi connectivity index (χ4v) is 4.82. The van der Waals surface area contributed by atoms with Gasteiger partial charge in [-0.15, -0.1) is 0 Å². The summed E-state index contributed by atoms with van der Waals surface area (Å²) in [6.45, 7) is 1.71. The van der Waals surface area contributed by atoms with Crippen molar-refractivity contribution in [3.05, 3.63) is 38.4 Å². The Morgan fingerprint density at radius 3 is 2.48 bits per heavy atom. The molecule has 1 fully saturated rings. The third-order valence-corrected chi connectivity index (χ3v) is 5.73. The summed E-state index contributed by atoms with van der Waals surface area (Å²) in [5, 5.41) is 24.7. The summed E-state index contributed by atoms with van der Waals surface area (Å²) in [7, 11) is -3.12. The van der Waals surface area contributed by atoms with Crippen LogP contribution in [0, 0.1) is 20.2 Å². The van der Waals surface area contributed by atoms with Crippen LogP contribution in [0.25, 0.3) is 0 Å². The number of anilines is 1. The van der Waals surface area contributed by atoms with Gasteiger partial charge in [0.2, 0.25) is 0 Å². The fraction of sp³-hybridized carbons (Fsp3) is 0.417. The number of rotatable bonds is 5. The molecule has 3 N–H and O–H groups in total. The van der Waals surface area contributed by atoms with E-state index in [1.54, 1.807) is 6.92 Å². The van der Waals surface area contributed by atoms with Crippen molar-refractivity contribution in [2.45, 2.75) is 18.9 Å². The summed E-state index contributed by atoms with van der Waals surface area (Å²) in [5.41, 5.74) is 3.36. The SMILES string of the molecule is CC1(NC(=S)NNc2ccc([N+](=O)[O-])cc2[N+](=O)[O-])CCS(=O)(=O)C1. The van der Waals surface area contributed by atoms with Crippen LogP contribution in [-0.4, -0.2) is 40.4 Å². The maximum atomic E-state index is 11.6. The van der Waals surface area contributed by atoms with Gasteiger partial charge >= 0.3 is 5.69 Å². The summed E-state index contributed by atoms with van der Waals surface area (Å²) < 4.78 is 23.1. The Kier molecular flexibility index (Phi) is 5.08. The van der Waals surface area contributed by atoms with Crippen molar-refractivity contribution in [3.63, 3.8) is 0 Å². The van der Waals surface area contributed by atoms with Gasteiger partial charge in [-0.3, -0.25) is 31.1 Å². The zero-order valence-corrected chi connectivity index (χ0v) is 14.6. The Bertz CT molecular complexity index is 842. The summed E-state index contributed by atoms with van der Waals surface area (Å²) in [4.78, 5) is 20.2. The molecule has 0 bridgehead atoms. The molecule has 136 valence electrons. The van der Waals surface area contributed by atoms with Gasteiger partial charge in [-0.05, 0) is 31.6 Å². The van der Waals surface area contributed by atoms with E-state index in [1.165, 1.54) is 6.07 Å². The van der Waals surface area contributed by atoms with Crippen LogP contribution in [0.5, 0.6) is 0 Å². The van der Waals surface area contributed by atoms with Crippen LogP contribution < -0.4 is 16.2 Å². The van der Waals surface area contributed by atoms with Crippen LogP contribution in [0.15, 0.2) is 18.2 Å². The number of sulfone groups is 1. The number of nitrogens with zero attached hydrogens (tertiary/aromatic N) is 2. The number of non-ortho nitro benzene ring substituents is 1. The van der Waals surface area contributed by atoms with Gasteiger partial charge in [-0.25, -0.2) is 8.42 Å². The van der Waals surface area contributed by atoms with Crippen molar-refractivity contribution in [3.8, 4) is 0 Å². The van der Waals surface area contributed by atoms with Crippen LogP contribution in [0.1, 0.15) is 13.3 Å². The molecule has 1 atom stereocenters. The molecule has 0 spiro atoms. The van der Waals surface area contributed by atoms with E-state index in [0.29, 0.717) is 6.42 Å². The topological polar surface area (TPSA) is 157 Å². The molecule has 25 heavy (non-hydrogen) atoms. The van der Waals surface area contributed by atoms with E-state index >= 15 is 0 Å². The van der Waals surface area contributed by atoms with Gasteiger partial charge in [0.15, 0.2) is 14.9 Å². The molecule has 1 aliphatic rings. The Hall–Kier alpha value is -2.54. The molecule has 1 aromatic carbocycles. The van der Waals surface area contributed by atoms with E-state index in [1.807, 2.05) is 0 Å². The number of nitro benzene ring substituents is 2. The van der Waals surface area contributed by atoms with Crippen molar-refractivity contribution in [2.24, 2.45) is 0 Å². The van der Waals surface area contributed by atoms with Crippen molar-refractivity contribution >= 4 is 44.2 Å². The molecule has 1 saturated heterocycles. The highest BCUT2D eigenvalue weighted by atomic mass is 32.2. The van der Waals surface area contributed by atoms with E-state index < -0.39 is 36.6 Å². The maximum absolute atomic E-state index is 11.6. The average Bonchev–Trinajstić information content (AvgIpc) is 2.77. The van der Waals surface area contributed by atoms with Gasteiger partial charge < -0.3 is 5.32 Å². The molecule has 13 heteroatoms. The van der Waals surface area contributed by atoms with Crippen LogP contribution in [0.3, 0.4) is 0 Å². The molecule has 1 aliphatic heterocycles. The van der Waals surface area contributed by atoms with Gasteiger partial charge in [0.25, 0.3) is 5.69 Å². The van der Waals surface area contributed by atoms with E-state index in [-0.39, 0.29) is 22.3 Å². The van der Waals surface area contributed by atoms with Gasteiger partial charge in [-0.2, -0.15) is 0 Å². The summed E-state index contributed by atoms with van der Waals surface area (Å²) >= 11 is 5.06. The zero-order valence-electron chi connectivity index (χ0n) is 13.0. The van der Waals surface area contributed by atoms with Crippen molar-refractivity contribution in [2.75, 3.05) is 16.9 Å². The lowest BCUT2D eigenvalue weighted by Gasteiger charge is -2.26. The van der Waals surface area contributed by atoms with Gasteiger partial charge in [0, 0.05) is 6.07 Å². The molecule has 1 unspecified atom stereocenters. The summed E-state index contributed by atoms with van der Waals surface area (Å²) in [5.74, 6) is -0.0140. The monoisotopic (exact) mass is 389 g/mol. The first kappa shape index (κ1) is 18.8. The fourth-order valence-electron chi connectivity index (χ4n) is 2.43. The molecule has 2 rings (SSSR count). The van der Waals surface area contributed by atoms with E-state index in [9.17, 15) is 28.6 Å². The average molecular weight is 389 g/mol. The van der Waals surface area contributed by atoms with Gasteiger partial charge in [0.05, 0.1) is 33.0 Å². The second kappa shape index (κ2) is 6.76. The van der Waals surface area contributed by atoms with Crippen molar-refractivity contribution < 1.29 is 18.3 Å². The molecule has 11 nitrogen and oxygen atoms in total. The first-order chi connectivity index (χ1) is 11.5. The molecule has 0 saturated carbocycles. The standard InChI is InChI=1S/C12H15N5O6S2/c1-12(4-5-25(22,23)7-12)13-11(24)15-14-9-3-2-8(16(18)19)6-10(9)17(20)21/h2-3,6,14H,4-5,7H2,1H3,(H2,13,15,24). The third-order valence-electron chi connectivity index (χ3n) is 3.62. The molecule has 0 radical (unpaired) electrons. The number of thiocarbonyl (C=S) groups is 1. The minimum Gasteiger partial charge on any atom is -0.355 e. The first-order valence-electron chi connectivity index (χ1n) is 6.99. The Labute approximate surface area is 148 Å². The smallest absolute Gasteiger partial charge is 0.300 e. The predicted molar refractivity (Wildman–Crippen MR) is 93.9 cm³/mol. The Morgan fingerprint density at radius 2 is 1.96 bits per heavy atom. The number of hydrazine groups is 1. The number of nitro groups is 2. The molecule has 0 amide bonds. The lowest BCUT2D eigenvalue weighted by molar-refractivity contribution is -0.393. The Morgan fingerprint density at radius 1 is 1.28 bits per heavy atom. The lowest BCUT2D eigenvalue weighted by Crippen LogP contribution is -2.52. The van der Waals surface area contributed by atoms with E-state index in [4.69, 9.17) is 12.2 Å². The molecule has 1 aromatic rings. The lowest BCUT2D eigenvalue weighted by atomic mass is 10.0. The second-order valence-corrected chi connectivity index (χ2v) is 8.41. The van der Waals surface area contributed by atoms with Crippen LogP contribution in [-0.2, 0) is 9.84 Å². The van der Waals surface area contributed by atoms with E-state index in [2.05, 4.69) is 16.2 Å².